The van der Waals surface area contributed by atoms with Crippen molar-refractivity contribution in [3.05, 3.63) is 87.1 Å². The van der Waals surface area contributed by atoms with Gasteiger partial charge in [-0.15, -0.1) is 0 Å². The number of esters is 1. The van der Waals surface area contributed by atoms with E-state index >= 15 is 0 Å². The largest absolute Gasteiger partial charge is 0.463 e. The molecule has 0 saturated heterocycles. The Kier molecular flexibility index (Phi) is 6.24. The summed E-state index contributed by atoms with van der Waals surface area (Å²) in [7, 11) is 0. The number of thiazole rings is 1. The molecule has 4 rings (SSSR count). The molecule has 1 aromatic carbocycles. The number of fused-ring (bicyclic) bond motifs is 1. The molecule has 1 aliphatic heterocycles. The van der Waals surface area contributed by atoms with Crippen molar-refractivity contribution in [3.8, 4) is 0 Å². The topological polar surface area (TPSA) is 117 Å². The molecule has 1 atom stereocenters. The number of hydrogen-bond acceptors (Lipinski definition) is 8. The van der Waals surface area contributed by atoms with Gasteiger partial charge in [0.25, 0.3) is 5.56 Å². The van der Waals surface area contributed by atoms with Crippen molar-refractivity contribution in [2.75, 3.05) is 6.61 Å². The Morgan fingerprint density at radius 1 is 1.36 bits per heavy atom. The molecule has 0 aliphatic carbocycles. The van der Waals surface area contributed by atoms with Gasteiger partial charge in [0.15, 0.2) is 4.80 Å². The summed E-state index contributed by atoms with van der Waals surface area (Å²) in [5.74, 6) is -1.10. The molecule has 33 heavy (non-hydrogen) atoms. The van der Waals surface area contributed by atoms with Crippen LogP contribution < -0.4 is 14.9 Å². The van der Waals surface area contributed by atoms with Gasteiger partial charge in [-0.2, -0.15) is 0 Å². The number of ether oxygens (including phenoxy) is 1. The molecule has 12 heteroatoms. The normalized spacial score (nSPS) is 15.9. The van der Waals surface area contributed by atoms with Crippen LogP contribution in [0.15, 0.2) is 50.1 Å². The molecule has 0 bridgehead atoms. The number of carbonyl (C=O) groups is 1. The van der Waals surface area contributed by atoms with Crippen LogP contribution in [-0.2, 0) is 9.53 Å². The molecule has 170 valence electrons. The summed E-state index contributed by atoms with van der Waals surface area (Å²) in [5, 5.41) is 11.9. The monoisotopic (exact) mass is 507 g/mol. The number of nitrogens with zero attached hydrogens (tertiary/aromatic N) is 3. The van der Waals surface area contributed by atoms with Crippen molar-refractivity contribution in [3.63, 3.8) is 0 Å². The highest BCUT2D eigenvalue weighted by Gasteiger charge is 2.34. The fourth-order valence-corrected chi connectivity index (χ4v) is 4.86. The Morgan fingerprint density at radius 2 is 2.12 bits per heavy atom. The second-order valence-electron chi connectivity index (χ2n) is 6.88. The number of allylic oxidation sites excluding steroid dienone is 1. The summed E-state index contributed by atoms with van der Waals surface area (Å²) in [6, 6.07) is 6.44. The van der Waals surface area contributed by atoms with E-state index in [1.54, 1.807) is 38.1 Å². The lowest BCUT2D eigenvalue weighted by Crippen LogP contribution is -2.35. The van der Waals surface area contributed by atoms with E-state index in [0.717, 1.165) is 11.3 Å². The zero-order chi connectivity index (χ0) is 23.9. The molecular formula is C21H15Cl2N3O6S. The van der Waals surface area contributed by atoms with Crippen molar-refractivity contribution in [2.24, 2.45) is 4.99 Å². The Hall–Kier alpha value is -3.21. The van der Waals surface area contributed by atoms with Crippen LogP contribution in [0.3, 0.4) is 0 Å². The summed E-state index contributed by atoms with van der Waals surface area (Å²) < 4.78 is 12.1. The second kappa shape index (κ2) is 8.97. The fraction of sp³-hybridized carbons (Fsp3) is 0.190. The van der Waals surface area contributed by atoms with Crippen molar-refractivity contribution >= 4 is 58.2 Å². The third-order valence-corrected chi connectivity index (χ3v) is 6.40. The maximum atomic E-state index is 13.2. The summed E-state index contributed by atoms with van der Waals surface area (Å²) >= 11 is 13.3. The lowest BCUT2D eigenvalue weighted by molar-refractivity contribution is -0.402. The Bertz CT molecular complexity index is 1500. The predicted octanol–water partition coefficient (Wildman–Crippen LogP) is 3.72. The quantitative estimate of drug-likeness (QED) is 0.295. The molecular weight excluding hydrogens is 493 g/mol. The van der Waals surface area contributed by atoms with Gasteiger partial charge in [0, 0.05) is 15.7 Å². The van der Waals surface area contributed by atoms with Crippen LogP contribution in [0.25, 0.3) is 11.8 Å². The number of carbonyl (C=O) groups excluding carboxylic acids is 1. The second-order valence-corrected chi connectivity index (χ2v) is 8.74. The van der Waals surface area contributed by atoms with Crippen LogP contribution in [0.5, 0.6) is 0 Å². The van der Waals surface area contributed by atoms with Gasteiger partial charge in [-0.25, -0.2) is 9.79 Å². The maximum Gasteiger partial charge on any atom is 0.433 e. The number of halogens is 2. The minimum Gasteiger partial charge on any atom is -0.463 e. The zero-order valence-corrected chi connectivity index (χ0v) is 19.5. The van der Waals surface area contributed by atoms with E-state index in [4.69, 9.17) is 32.4 Å². The molecule has 1 aliphatic rings. The van der Waals surface area contributed by atoms with E-state index in [9.17, 15) is 19.7 Å². The average Bonchev–Trinajstić information content (AvgIpc) is 3.36. The third-order valence-electron chi connectivity index (χ3n) is 4.85. The Morgan fingerprint density at radius 3 is 2.76 bits per heavy atom. The lowest BCUT2D eigenvalue weighted by Gasteiger charge is -2.20. The Labute approximate surface area is 200 Å². The first-order chi connectivity index (χ1) is 15.7. The van der Waals surface area contributed by atoms with E-state index in [1.165, 1.54) is 16.7 Å². The molecule has 9 nitrogen and oxygen atoms in total. The smallest absolute Gasteiger partial charge is 0.433 e. The van der Waals surface area contributed by atoms with Crippen molar-refractivity contribution < 1.29 is 18.9 Å². The van der Waals surface area contributed by atoms with Crippen molar-refractivity contribution in [2.45, 2.75) is 19.9 Å². The maximum absolute atomic E-state index is 13.2. The number of rotatable bonds is 5. The molecule has 0 radical (unpaired) electrons. The highest BCUT2D eigenvalue weighted by molar-refractivity contribution is 7.07. The van der Waals surface area contributed by atoms with Crippen LogP contribution in [0.1, 0.15) is 31.2 Å². The van der Waals surface area contributed by atoms with Gasteiger partial charge in [-0.1, -0.05) is 40.6 Å². The fourth-order valence-electron chi connectivity index (χ4n) is 3.37. The average molecular weight is 508 g/mol. The molecule has 0 saturated carbocycles. The van der Waals surface area contributed by atoms with Gasteiger partial charge >= 0.3 is 11.9 Å². The van der Waals surface area contributed by atoms with E-state index < -0.39 is 28.4 Å². The van der Waals surface area contributed by atoms with Crippen LogP contribution in [0.4, 0.5) is 5.88 Å². The van der Waals surface area contributed by atoms with Crippen LogP contribution in [0.2, 0.25) is 10.0 Å². The predicted molar refractivity (Wildman–Crippen MR) is 123 cm³/mol. The van der Waals surface area contributed by atoms with Gasteiger partial charge in [0.05, 0.1) is 22.8 Å². The van der Waals surface area contributed by atoms with Crippen molar-refractivity contribution in [1.82, 2.24) is 4.57 Å². The molecule has 3 aromatic rings. The molecule has 0 amide bonds. The molecule has 0 spiro atoms. The Balaban J connectivity index is 1.94. The van der Waals surface area contributed by atoms with Gasteiger partial charge in [0.1, 0.15) is 16.7 Å². The standard InChI is InChI=1S/C21H15Cl2N3O6S/c1-3-31-20(28)17-10(2)25-19(27)15(8-11-4-5-12(22)9-13(11)23)33-21(25)24-18(17)14-6-7-16(32-14)26(29)30/h4-9,18H,3H2,1-2H3/b15-8-/t18-/m0/s1. The van der Waals surface area contributed by atoms with E-state index in [0.29, 0.717) is 30.6 Å². The van der Waals surface area contributed by atoms with Gasteiger partial charge in [-0.05, 0) is 43.7 Å². The van der Waals surface area contributed by atoms with Crippen LogP contribution >= 0.6 is 34.5 Å². The highest BCUT2D eigenvalue weighted by atomic mass is 35.5. The molecule has 0 unspecified atom stereocenters. The number of furan rings is 1. The van der Waals surface area contributed by atoms with Gasteiger partial charge in [-0.3, -0.25) is 19.5 Å². The minimum atomic E-state index is -1.01. The summed E-state index contributed by atoms with van der Waals surface area (Å²) in [4.78, 5) is 41.1. The number of benzene rings is 1. The molecule has 3 heterocycles. The van der Waals surface area contributed by atoms with Crippen LogP contribution in [0, 0.1) is 10.1 Å². The van der Waals surface area contributed by atoms with E-state index in [1.807, 2.05) is 0 Å². The van der Waals surface area contributed by atoms with E-state index in [-0.39, 0.29) is 17.9 Å². The number of hydrogen-bond donors (Lipinski definition) is 0. The lowest BCUT2D eigenvalue weighted by atomic mass is 10.0. The van der Waals surface area contributed by atoms with Crippen molar-refractivity contribution in [1.29, 1.82) is 0 Å². The summed E-state index contributed by atoms with van der Waals surface area (Å²) in [5.41, 5.74) is 0.547. The number of nitro groups is 1. The summed E-state index contributed by atoms with van der Waals surface area (Å²) in [6.45, 7) is 3.33. The molecule has 2 aromatic heterocycles. The van der Waals surface area contributed by atoms with Gasteiger partial charge < -0.3 is 9.15 Å². The highest BCUT2D eigenvalue weighted by Crippen LogP contribution is 2.34. The van der Waals surface area contributed by atoms with Crippen LogP contribution in [-0.4, -0.2) is 22.1 Å². The third kappa shape index (κ3) is 4.24. The van der Waals surface area contributed by atoms with Gasteiger partial charge in [0.2, 0.25) is 0 Å². The minimum absolute atomic E-state index is 0.0598. The van der Waals surface area contributed by atoms with E-state index in [2.05, 4.69) is 4.99 Å². The molecule has 0 fully saturated rings. The zero-order valence-electron chi connectivity index (χ0n) is 17.2. The molecule has 0 N–H and O–H groups in total. The first-order valence-corrected chi connectivity index (χ1v) is 11.2. The summed E-state index contributed by atoms with van der Waals surface area (Å²) in [6.07, 6.45) is 1.61. The SMILES string of the molecule is CCOC(=O)C1=C(C)n2c(s/c(=C\c3ccc(Cl)cc3Cl)c2=O)=N[C@H]1c1ccc([N+](=O)[O-])o1. The first kappa shape index (κ1) is 23.0. The first-order valence-electron chi connectivity index (χ1n) is 9.60. The number of aromatic nitrogens is 1.